The van der Waals surface area contributed by atoms with Crippen LogP contribution in [0.5, 0.6) is 0 Å². The predicted octanol–water partition coefficient (Wildman–Crippen LogP) is 0.0278. The molecule has 1 N–H and O–H groups in total. The molecule has 3 heterocycles. The first-order valence-electron chi connectivity index (χ1n) is 9.75. The van der Waals surface area contributed by atoms with Crippen molar-refractivity contribution in [1.29, 1.82) is 0 Å². The summed E-state index contributed by atoms with van der Waals surface area (Å²) in [5.41, 5.74) is 0.802. The van der Waals surface area contributed by atoms with Crippen molar-refractivity contribution < 1.29 is 19.1 Å². The third-order valence-electron chi connectivity index (χ3n) is 5.32. The van der Waals surface area contributed by atoms with Gasteiger partial charge in [0.15, 0.2) is 0 Å². The number of likely N-dealkylation sites (tertiary alicyclic amines) is 1. The number of ether oxygens (including phenoxy) is 2. The van der Waals surface area contributed by atoms with E-state index in [-0.39, 0.29) is 30.3 Å². The van der Waals surface area contributed by atoms with Crippen molar-refractivity contribution >= 4 is 17.8 Å². The number of aromatic nitrogens is 2. The molecule has 0 radical (unpaired) electrons. The van der Waals surface area contributed by atoms with Gasteiger partial charge in [-0.3, -0.25) is 9.59 Å². The van der Waals surface area contributed by atoms with Crippen LogP contribution < -0.4 is 10.2 Å². The lowest BCUT2D eigenvalue weighted by Gasteiger charge is -2.20. The molecular weight excluding hydrogens is 362 g/mol. The number of hydrogen-bond donors (Lipinski definition) is 1. The summed E-state index contributed by atoms with van der Waals surface area (Å²) in [5.74, 6) is -0.0356. The molecule has 0 spiro atoms. The normalized spacial score (nSPS) is 21.9. The van der Waals surface area contributed by atoms with Gasteiger partial charge in [0.2, 0.25) is 17.8 Å². The smallest absolute Gasteiger partial charge is 0.248 e. The predicted molar refractivity (Wildman–Crippen MR) is 103 cm³/mol. The molecule has 28 heavy (non-hydrogen) atoms. The van der Waals surface area contributed by atoms with Gasteiger partial charge in [-0.2, -0.15) is 0 Å². The summed E-state index contributed by atoms with van der Waals surface area (Å²) >= 11 is 0. The topological polar surface area (TPSA) is 96.9 Å². The summed E-state index contributed by atoms with van der Waals surface area (Å²) < 4.78 is 9.99. The molecule has 0 bridgehead atoms. The zero-order valence-electron chi connectivity index (χ0n) is 16.6. The Labute approximate surface area is 165 Å². The summed E-state index contributed by atoms with van der Waals surface area (Å²) in [7, 11) is 3.09. The van der Waals surface area contributed by atoms with Crippen LogP contribution in [0.4, 0.5) is 5.95 Å². The van der Waals surface area contributed by atoms with Crippen molar-refractivity contribution in [3.05, 3.63) is 18.0 Å². The standard InChI is InChI=1S/C19H29N5O4/c1-27-10-7-20-18(26)15-12-24(17(25)13-28-2)11-14(15)16-5-6-21-19(22-16)23-8-3-4-9-23/h5-6,14-15H,3-4,7-13H2,1-2H3,(H,20,26)/t14-,15+/m1/s1. The van der Waals surface area contributed by atoms with Gasteiger partial charge in [0.05, 0.1) is 18.2 Å². The van der Waals surface area contributed by atoms with Gasteiger partial charge in [0.25, 0.3) is 0 Å². The SMILES string of the molecule is COCCNC(=O)[C@H]1CN(C(=O)COC)C[C@H]1c1ccnc(N2CCCC2)n1. The first kappa shape index (κ1) is 20.5. The molecule has 9 nitrogen and oxygen atoms in total. The van der Waals surface area contributed by atoms with Gasteiger partial charge in [-0.1, -0.05) is 0 Å². The van der Waals surface area contributed by atoms with Crippen LogP contribution in [-0.2, 0) is 19.1 Å². The van der Waals surface area contributed by atoms with Crippen molar-refractivity contribution in [1.82, 2.24) is 20.2 Å². The molecule has 2 atom stereocenters. The van der Waals surface area contributed by atoms with Crippen LogP contribution in [0.3, 0.4) is 0 Å². The van der Waals surface area contributed by atoms with Crippen LogP contribution in [0.2, 0.25) is 0 Å². The zero-order valence-corrected chi connectivity index (χ0v) is 16.6. The van der Waals surface area contributed by atoms with Crippen LogP contribution in [-0.4, -0.2) is 86.8 Å². The lowest BCUT2D eigenvalue weighted by atomic mass is 9.92. The maximum Gasteiger partial charge on any atom is 0.248 e. The number of hydrogen-bond acceptors (Lipinski definition) is 7. The highest BCUT2D eigenvalue weighted by Crippen LogP contribution is 2.33. The molecule has 3 rings (SSSR count). The summed E-state index contributed by atoms with van der Waals surface area (Å²) in [6, 6.07) is 1.85. The second-order valence-corrected chi connectivity index (χ2v) is 7.20. The van der Waals surface area contributed by atoms with E-state index in [1.165, 1.54) is 7.11 Å². The molecule has 0 aliphatic carbocycles. The third kappa shape index (κ3) is 4.77. The largest absolute Gasteiger partial charge is 0.383 e. The lowest BCUT2D eigenvalue weighted by molar-refractivity contribution is -0.134. The molecular formula is C19H29N5O4. The van der Waals surface area contributed by atoms with Crippen LogP contribution in [0.25, 0.3) is 0 Å². The molecule has 154 valence electrons. The number of nitrogens with one attached hydrogen (secondary N) is 1. The van der Waals surface area contributed by atoms with Crippen molar-refractivity contribution in [2.24, 2.45) is 5.92 Å². The van der Waals surface area contributed by atoms with Gasteiger partial charge >= 0.3 is 0 Å². The molecule has 9 heteroatoms. The first-order chi connectivity index (χ1) is 13.6. The second-order valence-electron chi connectivity index (χ2n) is 7.20. The van der Waals surface area contributed by atoms with Crippen molar-refractivity contribution in [2.75, 3.05) is 65.1 Å². The average molecular weight is 391 g/mol. The van der Waals surface area contributed by atoms with Gasteiger partial charge in [-0.05, 0) is 18.9 Å². The van der Waals surface area contributed by atoms with Gasteiger partial charge in [-0.15, -0.1) is 0 Å². The Kier molecular flexibility index (Phi) is 7.16. The number of nitrogens with zero attached hydrogens (tertiary/aromatic N) is 4. The molecule has 2 aliphatic heterocycles. The maximum atomic E-state index is 12.8. The minimum absolute atomic E-state index is 0.00748. The van der Waals surface area contributed by atoms with E-state index in [4.69, 9.17) is 14.5 Å². The molecule has 0 unspecified atom stereocenters. The lowest BCUT2D eigenvalue weighted by Crippen LogP contribution is -2.37. The van der Waals surface area contributed by atoms with Crippen molar-refractivity contribution in [3.63, 3.8) is 0 Å². The highest BCUT2D eigenvalue weighted by Gasteiger charge is 2.41. The van der Waals surface area contributed by atoms with E-state index in [1.807, 2.05) is 6.07 Å². The Hall–Kier alpha value is -2.26. The second kappa shape index (κ2) is 9.79. The number of carbonyl (C=O) groups excluding carboxylic acids is 2. The number of amides is 2. The molecule has 0 aromatic carbocycles. The van der Waals surface area contributed by atoms with Crippen LogP contribution in [0.15, 0.2) is 12.3 Å². The molecule has 0 saturated carbocycles. The molecule has 1 aromatic heterocycles. The quantitative estimate of drug-likeness (QED) is 0.625. The van der Waals surface area contributed by atoms with E-state index in [0.717, 1.165) is 31.6 Å². The van der Waals surface area contributed by atoms with E-state index in [2.05, 4.69) is 15.2 Å². The average Bonchev–Trinajstić information content (AvgIpc) is 3.39. The molecule has 2 fully saturated rings. The molecule has 2 saturated heterocycles. The number of rotatable bonds is 8. The highest BCUT2D eigenvalue weighted by atomic mass is 16.5. The Bertz CT molecular complexity index is 680. The van der Waals surface area contributed by atoms with Crippen LogP contribution in [0, 0.1) is 5.92 Å². The van der Waals surface area contributed by atoms with E-state index in [9.17, 15) is 9.59 Å². The van der Waals surface area contributed by atoms with Crippen molar-refractivity contribution in [2.45, 2.75) is 18.8 Å². The van der Waals surface area contributed by atoms with E-state index in [0.29, 0.717) is 32.2 Å². The van der Waals surface area contributed by atoms with Crippen LogP contribution >= 0.6 is 0 Å². The fourth-order valence-electron chi connectivity index (χ4n) is 3.83. The van der Waals surface area contributed by atoms with E-state index in [1.54, 1.807) is 18.2 Å². The molecule has 1 aromatic rings. The van der Waals surface area contributed by atoms with E-state index >= 15 is 0 Å². The summed E-state index contributed by atoms with van der Waals surface area (Å²) in [6.07, 6.45) is 4.02. The van der Waals surface area contributed by atoms with Crippen LogP contribution in [0.1, 0.15) is 24.5 Å². The van der Waals surface area contributed by atoms with Gasteiger partial charge in [0.1, 0.15) is 6.61 Å². The van der Waals surface area contributed by atoms with Crippen molar-refractivity contribution in [3.8, 4) is 0 Å². The third-order valence-corrected chi connectivity index (χ3v) is 5.32. The maximum absolute atomic E-state index is 12.8. The number of anilines is 1. The Morgan fingerprint density at radius 3 is 2.71 bits per heavy atom. The zero-order chi connectivity index (χ0) is 19.9. The summed E-state index contributed by atoms with van der Waals surface area (Å²) in [6.45, 7) is 3.60. The monoisotopic (exact) mass is 391 g/mol. The van der Waals surface area contributed by atoms with Gasteiger partial charge in [-0.25, -0.2) is 9.97 Å². The first-order valence-corrected chi connectivity index (χ1v) is 9.75. The summed E-state index contributed by atoms with van der Waals surface area (Å²) in [5, 5.41) is 2.90. The number of carbonyl (C=O) groups is 2. The fourth-order valence-corrected chi connectivity index (χ4v) is 3.83. The highest BCUT2D eigenvalue weighted by molar-refractivity contribution is 5.83. The Morgan fingerprint density at radius 2 is 2.00 bits per heavy atom. The van der Waals surface area contributed by atoms with Gasteiger partial charge < -0.3 is 24.6 Å². The van der Waals surface area contributed by atoms with E-state index < -0.39 is 0 Å². The number of methoxy groups -OCH3 is 2. The Morgan fingerprint density at radius 1 is 1.21 bits per heavy atom. The molecule has 2 amide bonds. The minimum atomic E-state index is -0.362. The minimum Gasteiger partial charge on any atom is -0.383 e. The molecule has 2 aliphatic rings. The summed E-state index contributed by atoms with van der Waals surface area (Å²) in [4.78, 5) is 38.1. The Balaban J connectivity index is 1.79. The fraction of sp³-hybridized carbons (Fsp3) is 0.684. The van der Waals surface area contributed by atoms with Gasteiger partial charge in [0, 0.05) is 59.1 Å².